The quantitative estimate of drug-likeness (QED) is 0.761. The lowest BCUT2D eigenvalue weighted by atomic mass is 10.1. The third-order valence-electron chi connectivity index (χ3n) is 2.99. The van der Waals surface area contributed by atoms with Crippen molar-refractivity contribution >= 4 is 21.2 Å². The highest BCUT2D eigenvalue weighted by atomic mass is 32.2. The molecule has 3 rings (SSSR count). The molecule has 126 valence electrons. The van der Waals surface area contributed by atoms with Crippen molar-refractivity contribution in [2.45, 2.75) is 11.3 Å². The van der Waals surface area contributed by atoms with Gasteiger partial charge in [0.1, 0.15) is 10.7 Å². The average Bonchev–Trinajstić information content (AvgIpc) is 3.15. The summed E-state index contributed by atoms with van der Waals surface area (Å²) in [5.74, 6) is 0.0601. The SMILES string of the molecule is CS(=O)(=O)c1nc(-c2csc(-c3cccc(C(F)(F)F)c3)n2)n[nH]1. The summed E-state index contributed by atoms with van der Waals surface area (Å²) >= 11 is 1.11. The molecule has 3 aromatic rings. The van der Waals surface area contributed by atoms with Gasteiger partial charge in [-0.25, -0.2) is 18.5 Å². The van der Waals surface area contributed by atoms with Gasteiger partial charge in [0.15, 0.2) is 0 Å². The maximum absolute atomic E-state index is 12.8. The van der Waals surface area contributed by atoms with Crippen molar-refractivity contribution in [2.75, 3.05) is 6.26 Å². The van der Waals surface area contributed by atoms with Gasteiger partial charge in [-0.15, -0.1) is 11.3 Å². The number of rotatable bonds is 3. The summed E-state index contributed by atoms with van der Waals surface area (Å²) < 4.78 is 61.1. The fourth-order valence-corrected chi connectivity index (χ4v) is 3.12. The number of nitrogens with zero attached hydrogens (tertiary/aromatic N) is 3. The lowest BCUT2D eigenvalue weighted by Gasteiger charge is -2.07. The molecule has 0 spiro atoms. The van der Waals surface area contributed by atoms with Crippen molar-refractivity contribution < 1.29 is 21.6 Å². The number of H-pyrrole nitrogens is 1. The number of benzene rings is 1. The van der Waals surface area contributed by atoms with E-state index in [0.29, 0.717) is 10.6 Å². The Balaban J connectivity index is 1.96. The Bertz CT molecular complexity index is 993. The lowest BCUT2D eigenvalue weighted by Crippen LogP contribution is -2.04. The molecule has 0 saturated carbocycles. The van der Waals surface area contributed by atoms with E-state index in [0.717, 1.165) is 29.7 Å². The molecule has 0 saturated heterocycles. The largest absolute Gasteiger partial charge is 0.416 e. The van der Waals surface area contributed by atoms with Crippen molar-refractivity contribution in [3.05, 3.63) is 35.2 Å². The van der Waals surface area contributed by atoms with Crippen LogP contribution in [-0.4, -0.2) is 34.8 Å². The number of sulfone groups is 1. The van der Waals surface area contributed by atoms with E-state index >= 15 is 0 Å². The van der Waals surface area contributed by atoms with Gasteiger partial charge in [-0.3, -0.25) is 0 Å². The minimum atomic E-state index is -4.44. The van der Waals surface area contributed by atoms with Gasteiger partial charge in [-0.2, -0.15) is 23.3 Å². The van der Waals surface area contributed by atoms with Gasteiger partial charge in [0.25, 0.3) is 0 Å². The summed E-state index contributed by atoms with van der Waals surface area (Å²) in [7, 11) is -3.54. The van der Waals surface area contributed by atoms with Crippen LogP contribution in [0.15, 0.2) is 34.8 Å². The minimum Gasteiger partial charge on any atom is -0.249 e. The summed E-state index contributed by atoms with van der Waals surface area (Å²) in [5.41, 5.74) is -0.187. The molecule has 0 unspecified atom stereocenters. The zero-order chi connectivity index (χ0) is 17.5. The number of hydrogen-bond acceptors (Lipinski definition) is 6. The van der Waals surface area contributed by atoms with E-state index < -0.39 is 21.6 Å². The summed E-state index contributed by atoms with van der Waals surface area (Å²) in [4.78, 5) is 8.01. The second kappa shape index (κ2) is 5.67. The van der Waals surface area contributed by atoms with Crippen molar-refractivity contribution in [2.24, 2.45) is 0 Å². The number of hydrogen-bond donors (Lipinski definition) is 1. The van der Waals surface area contributed by atoms with Gasteiger partial charge in [0.05, 0.1) is 5.56 Å². The van der Waals surface area contributed by atoms with Crippen LogP contribution in [0.5, 0.6) is 0 Å². The van der Waals surface area contributed by atoms with Gasteiger partial charge < -0.3 is 0 Å². The molecule has 0 aliphatic carbocycles. The topological polar surface area (TPSA) is 88.6 Å². The lowest BCUT2D eigenvalue weighted by molar-refractivity contribution is -0.137. The van der Waals surface area contributed by atoms with Crippen LogP contribution < -0.4 is 0 Å². The smallest absolute Gasteiger partial charge is 0.249 e. The zero-order valence-electron chi connectivity index (χ0n) is 12.0. The Kier molecular flexibility index (Phi) is 3.92. The monoisotopic (exact) mass is 374 g/mol. The predicted molar refractivity (Wildman–Crippen MR) is 81.0 cm³/mol. The molecule has 1 N–H and O–H groups in total. The van der Waals surface area contributed by atoms with Crippen molar-refractivity contribution in [1.82, 2.24) is 20.2 Å². The van der Waals surface area contributed by atoms with Crippen LogP contribution in [0.25, 0.3) is 22.1 Å². The van der Waals surface area contributed by atoms with E-state index in [1.54, 1.807) is 5.38 Å². The Morgan fingerprint density at radius 1 is 1.21 bits per heavy atom. The molecular formula is C13H9F3N4O2S2. The molecule has 2 heterocycles. The van der Waals surface area contributed by atoms with Crippen molar-refractivity contribution in [3.63, 3.8) is 0 Å². The maximum atomic E-state index is 12.8. The number of aromatic amines is 1. The third kappa shape index (κ3) is 3.31. The van der Waals surface area contributed by atoms with Gasteiger partial charge >= 0.3 is 6.18 Å². The fraction of sp³-hybridized carbons (Fsp3) is 0.154. The molecular weight excluding hydrogens is 365 g/mol. The minimum absolute atomic E-state index is 0.0601. The van der Waals surface area contributed by atoms with Crippen LogP contribution in [0.3, 0.4) is 0 Å². The second-order valence-corrected chi connectivity index (χ2v) is 7.64. The number of thiazole rings is 1. The number of halogens is 3. The van der Waals surface area contributed by atoms with E-state index in [2.05, 4.69) is 20.2 Å². The molecule has 11 heteroatoms. The van der Waals surface area contributed by atoms with Crippen LogP contribution >= 0.6 is 11.3 Å². The van der Waals surface area contributed by atoms with Gasteiger partial charge in [0.2, 0.25) is 20.8 Å². The molecule has 0 radical (unpaired) electrons. The molecule has 0 aliphatic heterocycles. The van der Waals surface area contributed by atoms with E-state index in [-0.39, 0.29) is 16.7 Å². The Hall–Kier alpha value is -2.27. The van der Waals surface area contributed by atoms with Gasteiger partial charge in [-0.05, 0) is 12.1 Å². The molecule has 6 nitrogen and oxygen atoms in total. The summed E-state index contributed by atoms with van der Waals surface area (Å²) in [5, 5.41) is 7.65. The van der Waals surface area contributed by atoms with E-state index in [4.69, 9.17) is 0 Å². The van der Waals surface area contributed by atoms with Crippen molar-refractivity contribution in [3.8, 4) is 22.1 Å². The number of alkyl halides is 3. The Labute approximate surface area is 138 Å². The second-order valence-electron chi connectivity index (χ2n) is 4.85. The first kappa shape index (κ1) is 16.6. The zero-order valence-corrected chi connectivity index (χ0v) is 13.6. The first-order valence-electron chi connectivity index (χ1n) is 6.40. The van der Waals surface area contributed by atoms with Crippen molar-refractivity contribution in [1.29, 1.82) is 0 Å². The molecule has 0 amide bonds. The van der Waals surface area contributed by atoms with Crippen LogP contribution in [-0.2, 0) is 16.0 Å². The van der Waals surface area contributed by atoms with Crippen LogP contribution in [0, 0.1) is 0 Å². The first-order chi connectivity index (χ1) is 11.1. The Morgan fingerprint density at radius 2 is 1.96 bits per heavy atom. The van der Waals surface area contributed by atoms with Crippen LogP contribution in [0.4, 0.5) is 13.2 Å². The summed E-state index contributed by atoms with van der Waals surface area (Å²) in [6.07, 6.45) is -3.46. The summed E-state index contributed by atoms with van der Waals surface area (Å²) in [6, 6.07) is 4.79. The van der Waals surface area contributed by atoms with E-state index in [1.165, 1.54) is 12.1 Å². The maximum Gasteiger partial charge on any atom is 0.416 e. The highest BCUT2D eigenvalue weighted by Crippen LogP contribution is 2.34. The van der Waals surface area contributed by atoms with Crippen LogP contribution in [0.2, 0.25) is 0 Å². The highest BCUT2D eigenvalue weighted by molar-refractivity contribution is 7.90. The first-order valence-corrected chi connectivity index (χ1v) is 9.18. The molecule has 0 atom stereocenters. The number of aromatic nitrogens is 4. The van der Waals surface area contributed by atoms with Crippen LogP contribution in [0.1, 0.15) is 5.56 Å². The number of nitrogens with one attached hydrogen (secondary N) is 1. The normalized spacial score (nSPS) is 12.5. The molecule has 24 heavy (non-hydrogen) atoms. The van der Waals surface area contributed by atoms with E-state index in [9.17, 15) is 21.6 Å². The molecule has 0 bridgehead atoms. The molecule has 2 aromatic heterocycles. The fourth-order valence-electron chi connectivity index (χ4n) is 1.86. The highest BCUT2D eigenvalue weighted by Gasteiger charge is 2.30. The predicted octanol–water partition coefficient (Wildman–Crippen LogP) is 3.02. The van der Waals surface area contributed by atoms with Gasteiger partial charge in [0, 0.05) is 17.2 Å². The standard InChI is InChI=1S/C13H9F3N4O2S2/c1-24(21,22)12-18-10(19-20-12)9-6-23-11(17-9)7-3-2-4-8(5-7)13(14,15)16/h2-6H,1H3,(H,18,19,20). The molecule has 0 aliphatic rings. The summed E-state index contributed by atoms with van der Waals surface area (Å²) in [6.45, 7) is 0. The Morgan fingerprint density at radius 3 is 2.58 bits per heavy atom. The van der Waals surface area contributed by atoms with Gasteiger partial charge in [-0.1, -0.05) is 12.1 Å². The van der Waals surface area contributed by atoms with E-state index in [1.807, 2.05) is 0 Å². The average molecular weight is 374 g/mol. The molecule has 0 fully saturated rings. The third-order valence-corrected chi connectivity index (χ3v) is 4.76. The molecule has 1 aromatic carbocycles.